The molecule has 0 aromatic heterocycles. The first-order valence-electron chi connectivity index (χ1n) is 13.3. The summed E-state index contributed by atoms with van der Waals surface area (Å²) in [7, 11) is 1.60. The summed E-state index contributed by atoms with van der Waals surface area (Å²) in [5, 5.41) is 16.9. The number of ether oxygens (including phenoxy) is 2. The summed E-state index contributed by atoms with van der Waals surface area (Å²) in [5.74, 6) is 0.382. The zero-order valence-electron chi connectivity index (χ0n) is 23.1. The van der Waals surface area contributed by atoms with Crippen molar-refractivity contribution in [3.05, 3.63) is 29.8 Å². The van der Waals surface area contributed by atoms with Gasteiger partial charge in [0.25, 0.3) is 5.91 Å². The Hall–Kier alpha value is -2.16. The number of benzene rings is 1. The van der Waals surface area contributed by atoms with E-state index in [1.165, 1.54) is 0 Å². The molecule has 1 aromatic rings. The number of amides is 2. The molecule has 36 heavy (non-hydrogen) atoms. The molecule has 1 rings (SSSR count). The molecule has 0 spiro atoms. The number of hydrogen-bond acceptors (Lipinski definition) is 6. The first-order chi connectivity index (χ1) is 17.1. The van der Waals surface area contributed by atoms with E-state index in [1.54, 1.807) is 25.3 Å². The molecule has 0 bridgehead atoms. The lowest BCUT2D eigenvalue weighted by molar-refractivity contribution is -0.127. The Labute approximate surface area is 217 Å². The molecule has 8 heteroatoms. The summed E-state index contributed by atoms with van der Waals surface area (Å²) in [4.78, 5) is 25.5. The van der Waals surface area contributed by atoms with Crippen molar-refractivity contribution in [1.82, 2.24) is 10.6 Å². The molecule has 0 radical (unpaired) electrons. The Kier molecular flexibility index (Phi) is 15.3. The summed E-state index contributed by atoms with van der Waals surface area (Å²) >= 11 is 0. The van der Waals surface area contributed by atoms with E-state index in [4.69, 9.17) is 15.2 Å². The topological polar surface area (TPSA) is 123 Å². The number of para-hydroxylation sites is 1. The second kappa shape index (κ2) is 17.3. The predicted octanol–water partition coefficient (Wildman–Crippen LogP) is 3.37. The molecule has 0 aliphatic rings. The fourth-order valence-corrected chi connectivity index (χ4v) is 4.07. The lowest BCUT2D eigenvalue weighted by Crippen LogP contribution is -2.44. The molecule has 1 aromatic carbocycles. The molecule has 0 saturated carbocycles. The number of hydrogen-bond donors (Lipinski definition) is 4. The van der Waals surface area contributed by atoms with Gasteiger partial charge in [-0.3, -0.25) is 9.59 Å². The number of nitrogens with two attached hydrogens (primary N) is 1. The Bertz CT molecular complexity index is 771. The van der Waals surface area contributed by atoms with Crippen LogP contribution in [0.1, 0.15) is 70.7 Å². The van der Waals surface area contributed by atoms with Crippen LogP contribution < -0.4 is 21.1 Å². The van der Waals surface area contributed by atoms with Crippen LogP contribution in [-0.4, -0.2) is 62.5 Å². The van der Waals surface area contributed by atoms with Crippen molar-refractivity contribution in [2.45, 2.75) is 72.4 Å². The van der Waals surface area contributed by atoms with E-state index in [0.717, 1.165) is 12.8 Å². The monoisotopic (exact) mass is 507 g/mol. The van der Waals surface area contributed by atoms with Gasteiger partial charge in [-0.25, -0.2) is 0 Å². The van der Waals surface area contributed by atoms with Gasteiger partial charge in [0, 0.05) is 32.2 Å². The van der Waals surface area contributed by atoms with Crippen LogP contribution in [0.3, 0.4) is 0 Å². The highest BCUT2D eigenvalue weighted by Gasteiger charge is 2.29. The molecule has 4 atom stereocenters. The van der Waals surface area contributed by atoms with Crippen molar-refractivity contribution >= 4 is 11.8 Å². The van der Waals surface area contributed by atoms with Gasteiger partial charge >= 0.3 is 0 Å². The average Bonchev–Trinajstić information content (AvgIpc) is 2.84. The number of nitrogens with one attached hydrogen (secondary N) is 2. The van der Waals surface area contributed by atoms with E-state index < -0.39 is 12.1 Å². The molecule has 206 valence electrons. The first-order valence-corrected chi connectivity index (χ1v) is 13.3. The summed E-state index contributed by atoms with van der Waals surface area (Å²) in [6.45, 7) is 12.1. The van der Waals surface area contributed by atoms with E-state index in [2.05, 4.69) is 31.4 Å². The maximum absolute atomic E-state index is 12.9. The number of carbonyl (C=O) groups is 2. The fourth-order valence-electron chi connectivity index (χ4n) is 4.07. The van der Waals surface area contributed by atoms with Crippen LogP contribution in [0, 0.1) is 23.7 Å². The number of methoxy groups -OCH3 is 1. The number of aliphatic hydroxyl groups excluding tert-OH is 1. The minimum Gasteiger partial charge on any atom is -0.490 e. The maximum Gasteiger partial charge on any atom is 0.255 e. The van der Waals surface area contributed by atoms with Crippen LogP contribution in [0.5, 0.6) is 5.75 Å². The molecule has 0 aliphatic heterocycles. The number of rotatable bonds is 18. The highest BCUT2D eigenvalue weighted by molar-refractivity contribution is 5.96. The van der Waals surface area contributed by atoms with Gasteiger partial charge in [-0.2, -0.15) is 0 Å². The summed E-state index contributed by atoms with van der Waals surface area (Å²) in [6.07, 6.45) is 2.00. The number of carbonyl (C=O) groups excluding carboxylic acids is 2. The van der Waals surface area contributed by atoms with E-state index in [-0.39, 0.29) is 35.5 Å². The van der Waals surface area contributed by atoms with Crippen LogP contribution in [0.25, 0.3) is 0 Å². The quantitative estimate of drug-likeness (QED) is 0.226. The van der Waals surface area contributed by atoms with Crippen molar-refractivity contribution in [2.75, 3.05) is 33.4 Å². The van der Waals surface area contributed by atoms with Crippen LogP contribution in [0.15, 0.2) is 24.3 Å². The van der Waals surface area contributed by atoms with Crippen LogP contribution in [0.2, 0.25) is 0 Å². The lowest BCUT2D eigenvalue weighted by atomic mass is 9.83. The van der Waals surface area contributed by atoms with Gasteiger partial charge in [-0.15, -0.1) is 0 Å². The molecule has 0 fully saturated rings. The smallest absolute Gasteiger partial charge is 0.255 e. The normalized spacial score (nSPS) is 14.8. The Morgan fingerprint density at radius 2 is 1.72 bits per heavy atom. The molecule has 0 aliphatic carbocycles. The fraction of sp³-hybridized carbons (Fsp3) is 0.714. The van der Waals surface area contributed by atoms with Gasteiger partial charge in [0.05, 0.1) is 18.3 Å². The van der Waals surface area contributed by atoms with Gasteiger partial charge in [-0.1, -0.05) is 53.2 Å². The molecule has 5 N–H and O–H groups in total. The third kappa shape index (κ3) is 11.3. The van der Waals surface area contributed by atoms with Gasteiger partial charge in [0.2, 0.25) is 5.91 Å². The molecule has 0 saturated heterocycles. The molecule has 8 nitrogen and oxygen atoms in total. The predicted molar refractivity (Wildman–Crippen MR) is 144 cm³/mol. The largest absolute Gasteiger partial charge is 0.490 e. The number of aliphatic hydroxyl groups is 1. The van der Waals surface area contributed by atoms with Crippen molar-refractivity contribution in [1.29, 1.82) is 0 Å². The SMILES string of the molecule is CCCCNC(=O)[C@@H](C[C@H](O)[C@@H](N)C[C@H](CNC(=O)c1ccccc1OCCOC)C(C)C)C(C)C. The van der Waals surface area contributed by atoms with Crippen molar-refractivity contribution in [3.63, 3.8) is 0 Å². The van der Waals surface area contributed by atoms with Crippen LogP contribution >= 0.6 is 0 Å². The highest BCUT2D eigenvalue weighted by atomic mass is 16.5. The van der Waals surface area contributed by atoms with E-state index in [0.29, 0.717) is 50.5 Å². The zero-order valence-corrected chi connectivity index (χ0v) is 23.1. The summed E-state index contributed by atoms with van der Waals surface area (Å²) in [5.41, 5.74) is 6.88. The molecule has 0 unspecified atom stereocenters. The molecule has 2 amide bonds. The standard InChI is InChI=1S/C28H49N3O5/c1-7-8-13-30-28(34)23(20(4)5)17-25(32)24(29)16-21(19(2)3)18-31-27(33)22-11-9-10-12-26(22)36-15-14-35-6/h9-12,19-21,23-25,32H,7-8,13-18,29H2,1-6H3,(H,30,34)(H,31,33)/t21-,23+,24+,25+/m1/s1. The third-order valence-electron chi connectivity index (χ3n) is 6.68. The zero-order chi connectivity index (χ0) is 27.1. The Morgan fingerprint density at radius 1 is 1.03 bits per heavy atom. The average molecular weight is 508 g/mol. The van der Waals surface area contributed by atoms with Crippen molar-refractivity contribution in [3.8, 4) is 5.75 Å². The maximum atomic E-state index is 12.9. The molecular formula is C28H49N3O5. The first kappa shape index (κ1) is 31.9. The lowest BCUT2D eigenvalue weighted by Gasteiger charge is -2.30. The molecular weight excluding hydrogens is 458 g/mol. The second-order valence-corrected chi connectivity index (χ2v) is 10.2. The van der Waals surface area contributed by atoms with Crippen LogP contribution in [0.4, 0.5) is 0 Å². The van der Waals surface area contributed by atoms with Crippen LogP contribution in [-0.2, 0) is 9.53 Å². The molecule has 0 heterocycles. The van der Waals surface area contributed by atoms with Gasteiger partial charge in [-0.05, 0) is 49.1 Å². The van der Waals surface area contributed by atoms with E-state index in [1.807, 2.05) is 19.9 Å². The Balaban J connectivity index is 2.72. The minimum atomic E-state index is -0.804. The van der Waals surface area contributed by atoms with Crippen molar-refractivity contribution < 1.29 is 24.2 Å². The van der Waals surface area contributed by atoms with Gasteiger partial charge < -0.3 is 30.9 Å². The van der Waals surface area contributed by atoms with E-state index >= 15 is 0 Å². The minimum absolute atomic E-state index is 0.0243. The highest BCUT2D eigenvalue weighted by Crippen LogP contribution is 2.24. The van der Waals surface area contributed by atoms with E-state index in [9.17, 15) is 14.7 Å². The third-order valence-corrected chi connectivity index (χ3v) is 6.68. The van der Waals surface area contributed by atoms with Gasteiger partial charge in [0.1, 0.15) is 12.4 Å². The number of unbranched alkanes of at least 4 members (excludes halogenated alkanes) is 1. The van der Waals surface area contributed by atoms with Crippen molar-refractivity contribution in [2.24, 2.45) is 29.4 Å². The second-order valence-electron chi connectivity index (χ2n) is 10.2. The Morgan fingerprint density at radius 3 is 2.33 bits per heavy atom. The summed E-state index contributed by atoms with van der Waals surface area (Å²) in [6, 6.07) is 6.62. The van der Waals surface area contributed by atoms with Gasteiger partial charge in [0.15, 0.2) is 0 Å². The summed E-state index contributed by atoms with van der Waals surface area (Å²) < 4.78 is 10.7.